The van der Waals surface area contributed by atoms with Crippen LogP contribution >= 0.6 is 0 Å². The van der Waals surface area contributed by atoms with E-state index in [1.54, 1.807) is 30.0 Å². The van der Waals surface area contributed by atoms with Gasteiger partial charge in [0, 0.05) is 30.8 Å². The standard InChI is InChI=1S/C22H23FN4O4S/c1-14-8-9-15(13-17(14)23)21(28)24-10-11-25-22(29)18-6-4-12-27(18)20-16-5-2-3-7-19(16)32(30,31)26-20/h2-3,5,7-9,13,18H,4,6,10-12H2,1H3,(H,24,28)(H,25,29)/t18-/m0/s1. The van der Waals surface area contributed by atoms with Crippen LogP contribution in [-0.2, 0) is 14.8 Å². The summed E-state index contributed by atoms with van der Waals surface area (Å²) in [5.41, 5.74) is 1.17. The monoisotopic (exact) mass is 458 g/mol. The minimum Gasteiger partial charge on any atom is -0.353 e. The molecule has 2 heterocycles. The van der Waals surface area contributed by atoms with Gasteiger partial charge in [0.1, 0.15) is 16.8 Å². The Morgan fingerprint density at radius 3 is 2.69 bits per heavy atom. The van der Waals surface area contributed by atoms with Gasteiger partial charge in [-0.15, -0.1) is 4.40 Å². The molecule has 2 aromatic carbocycles. The molecule has 2 amide bonds. The molecule has 1 fully saturated rings. The van der Waals surface area contributed by atoms with Crippen LogP contribution in [0.1, 0.15) is 34.3 Å². The molecule has 2 aromatic rings. The number of sulfonamides is 1. The molecule has 0 unspecified atom stereocenters. The molecule has 0 radical (unpaired) electrons. The van der Waals surface area contributed by atoms with Gasteiger partial charge in [0.2, 0.25) is 5.91 Å². The van der Waals surface area contributed by atoms with Crippen LogP contribution in [0, 0.1) is 12.7 Å². The maximum Gasteiger partial charge on any atom is 0.285 e. The fourth-order valence-corrected chi connectivity index (χ4v) is 5.12. The Morgan fingerprint density at radius 2 is 1.91 bits per heavy atom. The molecular weight excluding hydrogens is 435 g/mol. The Kier molecular flexibility index (Phi) is 5.96. The molecule has 32 heavy (non-hydrogen) atoms. The van der Waals surface area contributed by atoms with E-state index in [0.29, 0.717) is 29.9 Å². The van der Waals surface area contributed by atoms with E-state index >= 15 is 0 Å². The van der Waals surface area contributed by atoms with Crippen molar-refractivity contribution in [3.05, 3.63) is 65.0 Å². The molecule has 2 N–H and O–H groups in total. The van der Waals surface area contributed by atoms with E-state index in [0.717, 1.165) is 6.42 Å². The Hall–Kier alpha value is -3.27. The summed E-state index contributed by atoms with van der Waals surface area (Å²) in [5, 5.41) is 5.42. The lowest BCUT2D eigenvalue weighted by Gasteiger charge is -2.25. The van der Waals surface area contributed by atoms with Crippen molar-refractivity contribution in [3.63, 3.8) is 0 Å². The third-order valence-corrected chi connectivity index (χ3v) is 6.91. The van der Waals surface area contributed by atoms with Gasteiger partial charge in [-0.2, -0.15) is 8.42 Å². The van der Waals surface area contributed by atoms with Crippen molar-refractivity contribution in [2.24, 2.45) is 4.40 Å². The van der Waals surface area contributed by atoms with Gasteiger partial charge in [-0.05, 0) is 49.6 Å². The number of aryl methyl sites for hydroxylation is 1. The molecule has 4 rings (SSSR count). The van der Waals surface area contributed by atoms with Gasteiger partial charge >= 0.3 is 0 Å². The first-order chi connectivity index (χ1) is 15.3. The van der Waals surface area contributed by atoms with E-state index in [1.807, 2.05) is 0 Å². The second-order valence-electron chi connectivity index (χ2n) is 7.75. The van der Waals surface area contributed by atoms with Gasteiger partial charge in [0.05, 0.1) is 0 Å². The number of carbonyl (C=O) groups is 2. The van der Waals surface area contributed by atoms with Gasteiger partial charge in [0.15, 0.2) is 5.84 Å². The molecule has 0 saturated carbocycles. The summed E-state index contributed by atoms with van der Waals surface area (Å²) in [6.45, 7) is 2.50. The number of likely N-dealkylation sites (tertiary alicyclic amines) is 1. The van der Waals surface area contributed by atoms with Gasteiger partial charge in [-0.25, -0.2) is 4.39 Å². The summed E-state index contributed by atoms with van der Waals surface area (Å²) >= 11 is 0. The predicted octanol–water partition coefficient (Wildman–Crippen LogP) is 1.59. The molecule has 10 heteroatoms. The zero-order chi connectivity index (χ0) is 22.9. The molecule has 0 spiro atoms. The van der Waals surface area contributed by atoms with E-state index in [9.17, 15) is 22.4 Å². The lowest BCUT2D eigenvalue weighted by atomic mass is 10.1. The average Bonchev–Trinajstić information content (AvgIpc) is 3.36. The van der Waals surface area contributed by atoms with E-state index in [-0.39, 0.29) is 29.5 Å². The van der Waals surface area contributed by atoms with Crippen LogP contribution < -0.4 is 10.6 Å². The smallest absolute Gasteiger partial charge is 0.285 e. The zero-order valence-electron chi connectivity index (χ0n) is 17.5. The number of rotatable bonds is 5. The lowest BCUT2D eigenvalue weighted by molar-refractivity contribution is -0.124. The molecule has 2 aliphatic heterocycles. The minimum atomic E-state index is -3.76. The third kappa shape index (κ3) is 4.22. The molecule has 8 nitrogen and oxygen atoms in total. The van der Waals surface area contributed by atoms with Crippen LogP contribution in [0.4, 0.5) is 4.39 Å². The summed E-state index contributed by atoms with van der Waals surface area (Å²) in [6, 6.07) is 10.3. The Labute approximate surface area is 185 Å². The molecule has 2 aliphatic rings. The highest BCUT2D eigenvalue weighted by atomic mass is 32.2. The number of amides is 2. The van der Waals surface area contributed by atoms with Crippen LogP contribution in [0.25, 0.3) is 0 Å². The summed E-state index contributed by atoms with van der Waals surface area (Å²) in [7, 11) is -3.76. The number of carbonyl (C=O) groups excluding carboxylic acids is 2. The van der Waals surface area contributed by atoms with Crippen LogP contribution in [-0.4, -0.2) is 56.6 Å². The Bertz CT molecular complexity index is 1210. The van der Waals surface area contributed by atoms with Gasteiger partial charge in [-0.1, -0.05) is 18.2 Å². The van der Waals surface area contributed by atoms with E-state index in [4.69, 9.17) is 0 Å². The SMILES string of the molecule is Cc1ccc(C(=O)NCCNC(=O)[C@@H]2CCCN2C2=NS(=O)(=O)c3ccccc32)cc1F. The second-order valence-corrected chi connectivity index (χ2v) is 9.32. The van der Waals surface area contributed by atoms with E-state index in [2.05, 4.69) is 15.0 Å². The lowest BCUT2D eigenvalue weighted by Crippen LogP contribution is -2.47. The first kappa shape index (κ1) is 21.9. The number of nitrogens with zero attached hydrogens (tertiary/aromatic N) is 2. The van der Waals surface area contributed by atoms with Crippen molar-refractivity contribution in [2.75, 3.05) is 19.6 Å². The Morgan fingerprint density at radius 1 is 1.16 bits per heavy atom. The largest absolute Gasteiger partial charge is 0.353 e. The number of benzene rings is 2. The molecule has 0 bridgehead atoms. The summed E-state index contributed by atoms with van der Waals surface area (Å²) in [6.07, 6.45) is 1.30. The zero-order valence-corrected chi connectivity index (χ0v) is 18.3. The number of hydrogen-bond donors (Lipinski definition) is 2. The number of amidine groups is 1. The predicted molar refractivity (Wildman–Crippen MR) is 116 cm³/mol. The molecular formula is C22H23FN4O4S. The highest BCUT2D eigenvalue weighted by Gasteiger charge is 2.39. The van der Waals surface area contributed by atoms with Crippen molar-refractivity contribution in [1.82, 2.24) is 15.5 Å². The number of halogens is 1. The first-order valence-corrected chi connectivity index (χ1v) is 11.7. The Balaban J connectivity index is 1.35. The van der Waals surface area contributed by atoms with Crippen LogP contribution in [0.5, 0.6) is 0 Å². The molecule has 0 aliphatic carbocycles. The minimum absolute atomic E-state index is 0.149. The number of fused-ring (bicyclic) bond motifs is 1. The van der Waals surface area contributed by atoms with Gasteiger partial charge < -0.3 is 15.5 Å². The van der Waals surface area contributed by atoms with Gasteiger partial charge in [0.25, 0.3) is 15.9 Å². The summed E-state index contributed by atoms with van der Waals surface area (Å²) < 4.78 is 42.2. The highest BCUT2D eigenvalue weighted by Crippen LogP contribution is 2.31. The maximum absolute atomic E-state index is 13.6. The maximum atomic E-state index is 13.6. The fraction of sp³-hybridized carbons (Fsp3) is 0.318. The summed E-state index contributed by atoms with van der Waals surface area (Å²) in [5.74, 6) is -0.844. The highest BCUT2D eigenvalue weighted by molar-refractivity contribution is 7.90. The number of nitrogens with one attached hydrogen (secondary N) is 2. The van der Waals surface area contributed by atoms with Crippen molar-refractivity contribution in [3.8, 4) is 0 Å². The number of hydrogen-bond acceptors (Lipinski definition) is 5. The fourth-order valence-electron chi connectivity index (χ4n) is 3.90. The van der Waals surface area contributed by atoms with Crippen LogP contribution in [0.2, 0.25) is 0 Å². The third-order valence-electron chi connectivity index (χ3n) is 5.58. The molecule has 1 atom stereocenters. The average molecular weight is 459 g/mol. The molecule has 168 valence electrons. The topological polar surface area (TPSA) is 108 Å². The van der Waals surface area contributed by atoms with Gasteiger partial charge in [-0.3, -0.25) is 9.59 Å². The first-order valence-electron chi connectivity index (χ1n) is 10.3. The van der Waals surface area contributed by atoms with Crippen molar-refractivity contribution in [2.45, 2.75) is 30.7 Å². The molecule has 0 aromatic heterocycles. The quantitative estimate of drug-likeness (QED) is 0.662. The van der Waals surface area contributed by atoms with E-state index < -0.39 is 27.8 Å². The van der Waals surface area contributed by atoms with Crippen LogP contribution in [0.15, 0.2) is 51.8 Å². The normalized spacial score (nSPS) is 18.8. The second kappa shape index (κ2) is 8.70. The van der Waals surface area contributed by atoms with Crippen LogP contribution in [0.3, 0.4) is 0 Å². The summed E-state index contributed by atoms with van der Waals surface area (Å²) in [4.78, 5) is 26.8. The van der Waals surface area contributed by atoms with Crippen molar-refractivity contribution in [1.29, 1.82) is 0 Å². The molecule has 1 saturated heterocycles. The van der Waals surface area contributed by atoms with Crippen molar-refractivity contribution < 1.29 is 22.4 Å². The van der Waals surface area contributed by atoms with E-state index in [1.165, 1.54) is 24.3 Å². The van der Waals surface area contributed by atoms with Crippen molar-refractivity contribution >= 4 is 27.7 Å².